The van der Waals surface area contributed by atoms with Gasteiger partial charge in [0, 0.05) is 37.4 Å². The number of piperazine rings is 1. The van der Waals surface area contributed by atoms with Crippen molar-refractivity contribution in [1.82, 2.24) is 4.90 Å². The SMILES string of the molecule is N#C/C(=C/c1ccccc1OCc1cccc(F)c1)C(=O)N1CCN(c2ccccc2)CC1. The standard InChI is InChI=1S/C27H24FN3O2/c28-24-9-6-7-21(17-24)20-33-26-12-5-4-8-22(26)18-23(19-29)27(32)31-15-13-30(14-16-31)25-10-2-1-3-11-25/h1-12,17-18H,13-16,20H2/b23-18-. The highest BCUT2D eigenvalue weighted by atomic mass is 19.1. The van der Waals surface area contributed by atoms with E-state index in [1.54, 1.807) is 35.2 Å². The first-order chi connectivity index (χ1) is 16.1. The van der Waals surface area contributed by atoms with E-state index in [1.165, 1.54) is 12.1 Å². The Morgan fingerprint density at radius 3 is 2.42 bits per heavy atom. The number of rotatable bonds is 6. The lowest BCUT2D eigenvalue weighted by atomic mass is 10.1. The van der Waals surface area contributed by atoms with Crippen molar-refractivity contribution >= 4 is 17.7 Å². The van der Waals surface area contributed by atoms with Gasteiger partial charge in [0.25, 0.3) is 5.91 Å². The molecule has 166 valence electrons. The summed E-state index contributed by atoms with van der Waals surface area (Å²) in [7, 11) is 0. The Labute approximate surface area is 192 Å². The summed E-state index contributed by atoms with van der Waals surface area (Å²) in [6.07, 6.45) is 1.56. The second-order valence-corrected chi connectivity index (χ2v) is 7.74. The van der Waals surface area contributed by atoms with Crippen LogP contribution in [0.1, 0.15) is 11.1 Å². The van der Waals surface area contributed by atoms with Crippen molar-refractivity contribution in [3.63, 3.8) is 0 Å². The molecule has 4 rings (SSSR count). The molecular formula is C27H24FN3O2. The smallest absolute Gasteiger partial charge is 0.264 e. The zero-order chi connectivity index (χ0) is 23.0. The predicted octanol–water partition coefficient (Wildman–Crippen LogP) is 4.66. The molecule has 0 atom stereocenters. The lowest BCUT2D eigenvalue weighted by molar-refractivity contribution is -0.126. The minimum Gasteiger partial charge on any atom is -0.488 e. The summed E-state index contributed by atoms with van der Waals surface area (Å²) in [5.74, 6) is -0.0876. The topological polar surface area (TPSA) is 56.6 Å². The number of nitriles is 1. The first kappa shape index (κ1) is 22.1. The number of hydrogen-bond donors (Lipinski definition) is 0. The quantitative estimate of drug-likeness (QED) is 0.412. The molecule has 3 aromatic carbocycles. The van der Waals surface area contributed by atoms with Crippen LogP contribution in [0.25, 0.3) is 6.08 Å². The number of ether oxygens (including phenoxy) is 1. The Kier molecular flexibility index (Phi) is 7.01. The fraction of sp³-hybridized carbons (Fsp3) is 0.185. The largest absolute Gasteiger partial charge is 0.488 e. The molecule has 1 fully saturated rings. The van der Waals surface area contributed by atoms with E-state index in [1.807, 2.05) is 30.3 Å². The van der Waals surface area contributed by atoms with E-state index >= 15 is 0 Å². The van der Waals surface area contributed by atoms with E-state index in [2.05, 4.69) is 23.1 Å². The van der Waals surface area contributed by atoms with E-state index < -0.39 is 0 Å². The van der Waals surface area contributed by atoms with Crippen LogP contribution in [0.5, 0.6) is 5.75 Å². The molecule has 0 N–H and O–H groups in total. The normalized spacial score (nSPS) is 14.0. The van der Waals surface area contributed by atoms with Gasteiger partial charge in [0.2, 0.25) is 0 Å². The first-order valence-electron chi connectivity index (χ1n) is 10.8. The maximum Gasteiger partial charge on any atom is 0.264 e. The van der Waals surface area contributed by atoms with Crippen LogP contribution in [0.2, 0.25) is 0 Å². The molecule has 1 saturated heterocycles. The van der Waals surface area contributed by atoms with Crippen molar-refractivity contribution in [2.75, 3.05) is 31.1 Å². The molecule has 33 heavy (non-hydrogen) atoms. The Morgan fingerprint density at radius 1 is 0.970 bits per heavy atom. The van der Waals surface area contributed by atoms with E-state index in [4.69, 9.17) is 4.74 Å². The molecule has 0 radical (unpaired) electrons. The van der Waals surface area contributed by atoms with Gasteiger partial charge in [-0.3, -0.25) is 4.79 Å². The number of carbonyl (C=O) groups excluding carboxylic acids is 1. The Morgan fingerprint density at radius 2 is 1.70 bits per heavy atom. The van der Waals surface area contributed by atoms with Gasteiger partial charge in [-0.05, 0) is 42.0 Å². The first-order valence-corrected chi connectivity index (χ1v) is 10.8. The number of hydrogen-bond acceptors (Lipinski definition) is 4. The number of halogens is 1. The highest BCUT2D eigenvalue weighted by Gasteiger charge is 2.24. The van der Waals surface area contributed by atoms with Crippen molar-refractivity contribution in [3.8, 4) is 11.8 Å². The molecule has 0 spiro atoms. The zero-order valence-electron chi connectivity index (χ0n) is 18.2. The highest BCUT2D eigenvalue weighted by Crippen LogP contribution is 2.23. The summed E-state index contributed by atoms with van der Waals surface area (Å²) in [5, 5.41) is 9.69. The molecule has 0 saturated carbocycles. The molecule has 0 unspecified atom stereocenters. The minimum atomic E-state index is -0.325. The van der Waals surface area contributed by atoms with Crippen molar-refractivity contribution < 1.29 is 13.9 Å². The Bertz CT molecular complexity index is 1180. The number of nitrogens with zero attached hydrogens (tertiary/aromatic N) is 3. The molecule has 0 aromatic heterocycles. The number of amides is 1. The van der Waals surface area contributed by atoms with Crippen LogP contribution in [0.3, 0.4) is 0 Å². The molecule has 6 heteroatoms. The molecule has 0 aliphatic carbocycles. The third-order valence-corrected chi connectivity index (χ3v) is 5.54. The van der Waals surface area contributed by atoms with Gasteiger partial charge in [0.05, 0.1) is 0 Å². The molecule has 5 nitrogen and oxygen atoms in total. The van der Waals surface area contributed by atoms with E-state index in [9.17, 15) is 14.4 Å². The third kappa shape index (κ3) is 5.58. The van der Waals surface area contributed by atoms with Gasteiger partial charge >= 0.3 is 0 Å². The van der Waals surface area contributed by atoms with E-state index in [0.717, 1.165) is 5.69 Å². The predicted molar refractivity (Wildman–Crippen MR) is 126 cm³/mol. The van der Waals surface area contributed by atoms with Gasteiger partial charge in [-0.25, -0.2) is 4.39 Å². The van der Waals surface area contributed by atoms with Crippen LogP contribution in [-0.4, -0.2) is 37.0 Å². The zero-order valence-corrected chi connectivity index (χ0v) is 18.2. The van der Waals surface area contributed by atoms with Crippen LogP contribution in [0.4, 0.5) is 10.1 Å². The molecule has 0 bridgehead atoms. The fourth-order valence-corrected chi connectivity index (χ4v) is 3.79. The van der Waals surface area contributed by atoms with Crippen molar-refractivity contribution in [3.05, 3.63) is 101 Å². The minimum absolute atomic E-state index is 0.0602. The molecule has 1 aliphatic heterocycles. The van der Waals surface area contributed by atoms with Crippen LogP contribution in [-0.2, 0) is 11.4 Å². The average Bonchev–Trinajstić information content (AvgIpc) is 2.87. The van der Waals surface area contributed by atoms with Crippen molar-refractivity contribution in [1.29, 1.82) is 5.26 Å². The van der Waals surface area contributed by atoms with Crippen LogP contribution < -0.4 is 9.64 Å². The molecule has 3 aromatic rings. The third-order valence-electron chi connectivity index (χ3n) is 5.54. The van der Waals surface area contributed by atoms with Gasteiger partial charge in [-0.2, -0.15) is 5.26 Å². The molecule has 1 aliphatic rings. The molecule has 1 heterocycles. The lowest BCUT2D eigenvalue weighted by Crippen LogP contribution is -2.49. The summed E-state index contributed by atoms with van der Waals surface area (Å²) in [6.45, 7) is 2.69. The number of anilines is 1. The summed E-state index contributed by atoms with van der Waals surface area (Å²) < 4.78 is 19.3. The van der Waals surface area contributed by atoms with Gasteiger partial charge < -0.3 is 14.5 Å². The van der Waals surface area contributed by atoms with Crippen molar-refractivity contribution in [2.45, 2.75) is 6.61 Å². The van der Waals surface area contributed by atoms with Gasteiger partial charge in [-0.15, -0.1) is 0 Å². The van der Waals surface area contributed by atoms with Gasteiger partial charge in [-0.1, -0.05) is 48.5 Å². The number of para-hydroxylation sites is 2. The number of benzene rings is 3. The molecule has 1 amide bonds. The average molecular weight is 442 g/mol. The lowest BCUT2D eigenvalue weighted by Gasteiger charge is -2.36. The van der Waals surface area contributed by atoms with Crippen LogP contribution >= 0.6 is 0 Å². The fourth-order valence-electron chi connectivity index (χ4n) is 3.79. The van der Waals surface area contributed by atoms with Crippen LogP contribution in [0, 0.1) is 17.1 Å². The van der Waals surface area contributed by atoms with Crippen LogP contribution in [0.15, 0.2) is 84.4 Å². The Hall–Kier alpha value is -4.11. The van der Waals surface area contributed by atoms with E-state index in [0.29, 0.717) is 43.1 Å². The van der Waals surface area contributed by atoms with E-state index in [-0.39, 0.29) is 23.9 Å². The number of carbonyl (C=O) groups is 1. The molecular weight excluding hydrogens is 417 g/mol. The summed E-state index contributed by atoms with van der Waals surface area (Å²) in [6, 6.07) is 25.5. The van der Waals surface area contributed by atoms with Gasteiger partial charge in [0.15, 0.2) is 0 Å². The summed E-state index contributed by atoms with van der Waals surface area (Å²) in [5.41, 5.74) is 2.51. The maximum atomic E-state index is 13.4. The van der Waals surface area contributed by atoms with Crippen molar-refractivity contribution in [2.24, 2.45) is 0 Å². The maximum absolute atomic E-state index is 13.4. The second kappa shape index (κ2) is 10.5. The second-order valence-electron chi connectivity index (χ2n) is 7.74. The summed E-state index contributed by atoms with van der Waals surface area (Å²) in [4.78, 5) is 17.0. The summed E-state index contributed by atoms with van der Waals surface area (Å²) >= 11 is 0. The monoisotopic (exact) mass is 441 g/mol. The Balaban J connectivity index is 1.44. The highest BCUT2D eigenvalue weighted by molar-refractivity contribution is 6.02. The van der Waals surface area contributed by atoms with Gasteiger partial charge in [0.1, 0.15) is 29.8 Å².